The molecule has 5 heteroatoms. The van der Waals surface area contributed by atoms with Crippen molar-refractivity contribution in [3.05, 3.63) is 22.2 Å². The van der Waals surface area contributed by atoms with Crippen molar-refractivity contribution in [3.8, 4) is 0 Å². The predicted octanol–water partition coefficient (Wildman–Crippen LogP) is 1.05. The van der Waals surface area contributed by atoms with Crippen LogP contribution in [0.3, 0.4) is 0 Å². The summed E-state index contributed by atoms with van der Waals surface area (Å²) >= 11 is 0. The molecule has 0 aliphatic carbocycles. The van der Waals surface area contributed by atoms with Crippen LogP contribution in [0.4, 0.5) is 11.8 Å². The van der Waals surface area contributed by atoms with Gasteiger partial charge >= 0.3 is 5.88 Å². The Morgan fingerprint density at radius 1 is 1.70 bits per heavy atom. The predicted molar refractivity (Wildman–Crippen MR) is 33.1 cm³/mol. The fourth-order valence-electron chi connectivity index (χ4n) is 0.536. The molecule has 0 atom stereocenters. The molecule has 0 saturated heterocycles. The second kappa shape index (κ2) is 2.38. The van der Waals surface area contributed by atoms with Crippen molar-refractivity contribution in [1.29, 1.82) is 0 Å². The monoisotopic (exact) mass is 141 g/mol. The van der Waals surface area contributed by atoms with E-state index in [4.69, 9.17) is 0 Å². The van der Waals surface area contributed by atoms with E-state index in [9.17, 15) is 10.1 Å². The highest BCUT2D eigenvalue weighted by Gasteiger charge is 2.10. The minimum Gasteiger partial charge on any atom is -0.383 e. The van der Waals surface area contributed by atoms with Gasteiger partial charge in [0.15, 0.2) is 0 Å². The summed E-state index contributed by atoms with van der Waals surface area (Å²) < 4.78 is 4.63. The largest absolute Gasteiger partial charge is 0.434 e. The lowest BCUT2D eigenvalue weighted by atomic mass is 10.6. The molecule has 0 saturated carbocycles. The highest BCUT2D eigenvalue weighted by molar-refractivity contribution is 5.29. The number of rotatable bonds is 2. The molecule has 1 aromatic rings. The summed E-state index contributed by atoms with van der Waals surface area (Å²) in [5.41, 5.74) is 0. The Balaban J connectivity index is 2.88. The fourth-order valence-corrected chi connectivity index (χ4v) is 0.536. The Hall–Kier alpha value is -1.52. The lowest BCUT2D eigenvalue weighted by Gasteiger charge is -1.83. The van der Waals surface area contributed by atoms with Crippen LogP contribution in [0.15, 0.2) is 16.5 Å². The summed E-state index contributed by atoms with van der Waals surface area (Å²) in [4.78, 5) is 9.40. The SMILES string of the molecule is C[N]c1ccc([N+](=O)[O-])o1. The first-order valence-electron chi connectivity index (χ1n) is 2.58. The van der Waals surface area contributed by atoms with Crippen molar-refractivity contribution in [2.45, 2.75) is 0 Å². The number of nitrogens with zero attached hydrogens (tertiary/aromatic N) is 2. The summed E-state index contributed by atoms with van der Waals surface area (Å²) in [6.45, 7) is 0. The molecule has 1 rings (SSSR count). The van der Waals surface area contributed by atoms with Crippen LogP contribution in [0, 0.1) is 10.1 Å². The van der Waals surface area contributed by atoms with E-state index in [1.165, 1.54) is 19.2 Å². The van der Waals surface area contributed by atoms with Crippen molar-refractivity contribution in [3.63, 3.8) is 0 Å². The smallest absolute Gasteiger partial charge is 0.383 e. The summed E-state index contributed by atoms with van der Waals surface area (Å²) in [5.74, 6) is -0.00713. The van der Waals surface area contributed by atoms with Gasteiger partial charge in [-0.15, -0.1) is 0 Å². The quantitative estimate of drug-likeness (QED) is 0.456. The fraction of sp³-hybridized carbons (Fsp3) is 0.200. The Labute approximate surface area is 56.8 Å². The van der Waals surface area contributed by atoms with Crippen LogP contribution < -0.4 is 5.32 Å². The van der Waals surface area contributed by atoms with Crippen LogP contribution in [0.5, 0.6) is 0 Å². The third-order valence-electron chi connectivity index (χ3n) is 0.978. The molecule has 0 spiro atoms. The molecule has 0 bridgehead atoms. The molecule has 0 aliphatic heterocycles. The van der Waals surface area contributed by atoms with Gasteiger partial charge in [-0.05, 0) is 0 Å². The zero-order valence-electron chi connectivity index (χ0n) is 5.27. The Kier molecular flexibility index (Phi) is 1.57. The molecule has 1 radical (unpaired) electrons. The highest BCUT2D eigenvalue weighted by atomic mass is 16.6. The Bertz CT molecular complexity index is 243. The number of hydrogen-bond acceptors (Lipinski definition) is 3. The van der Waals surface area contributed by atoms with E-state index in [0.717, 1.165) is 0 Å². The molecule has 0 unspecified atom stereocenters. The van der Waals surface area contributed by atoms with Gasteiger partial charge in [0.05, 0.1) is 6.07 Å². The van der Waals surface area contributed by atoms with Gasteiger partial charge in [-0.2, -0.15) is 0 Å². The minimum absolute atomic E-state index is 0.270. The van der Waals surface area contributed by atoms with Crippen molar-refractivity contribution in [1.82, 2.24) is 5.32 Å². The second-order valence-electron chi connectivity index (χ2n) is 1.59. The van der Waals surface area contributed by atoms with Crippen molar-refractivity contribution in [2.75, 3.05) is 7.05 Å². The van der Waals surface area contributed by atoms with Gasteiger partial charge < -0.3 is 4.42 Å². The first-order chi connectivity index (χ1) is 4.74. The topological polar surface area (TPSA) is 70.4 Å². The molecule has 53 valence electrons. The third kappa shape index (κ3) is 1.07. The van der Waals surface area contributed by atoms with Crippen LogP contribution >= 0.6 is 0 Å². The van der Waals surface area contributed by atoms with Gasteiger partial charge in [0.2, 0.25) is 5.88 Å². The lowest BCUT2D eigenvalue weighted by Crippen LogP contribution is -1.84. The van der Waals surface area contributed by atoms with E-state index >= 15 is 0 Å². The van der Waals surface area contributed by atoms with Crippen molar-refractivity contribution in [2.24, 2.45) is 0 Å². The summed E-state index contributed by atoms with van der Waals surface area (Å²) in [6.07, 6.45) is 0. The highest BCUT2D eigenvalue weighted by Crippen LogP contribution is 2.18. The van der Waals surface area contributed by atoms with E-state index in [2.05, 4.69) is 9.73 Å². The van der Waals surface area contributed by atoms with Crippen molar-refractivity contribution >= 4 is 11.8 Å². The first kappa shape index (κ1) is 6.60. The number of nitro groups is 1. The summed E-state index contributed by atoms with van der Waals surface area (Å²) in [6, 6.07) is 2.71. The molecule has 0 fully saturated rings. The Morgan fingerprint density at radius 2 is 2.40 bits per heavy atom. The van der Waals surface area contributed by atoms with Crippen LogP contribution in [-0.2, 0) is 0 Å². The Morgan fingerprint density at radius 3 is 2.70 bits per heavy atom. The van der Waals surface area contributed by atoms with Gasteiger partial charge in [0.25, 0.3) is 0 Å². The summed E-state index contributed by atoms with van der Waals surface area (Å²) in [5, 5.41) is 13.6. The summed E-state index contributed by atoms with van der Waals surface area (Å²) in [7, 11) is 1.50. The number of furan rings is 1. The molecule has 0 N–H and O–H groups in total. The molecule has 5 nitrogen and oxygen atoms in total. The normalized spacial score (nSPS) is 9.30. The van der Waals surface area contributed by atoms with Gasteiger partial charge in [0, 0.05) is 13.1 Å². The van der Waals surface area contributed by atoms with Gasteiger partial charge in [-0.25, -0.2) is 0 Å². The van der Waals surface area contributed by atoms with Gasteiger partial charge in [-0.1, -0.05) is 0 Å². The van der Waals surface area contributed by atoms with Crippen LogP contribution in [0.2, 0.25) is 0 Å². The minimum atomic E-state index is -0.602. The maximum Gasteiger partial charge on any atom is 0.434 e. The molecule has 0 aromatic carbocycles. The molecule has 1 aromatic heterocycles. The second-order valence-corrected chi connectivity index (χ2v) is 1.59. The molecule has 0 amide bonds. The standard InChI is InChI=1S/C5H5N2O3/c1-6-4-2-3-5(10-4)7(8)9/h2-3H,1H3. The van der Waals surface area contributed by atoms with Crippen LogP contribution in [-0.4, -0.2) is 12.0 Å². The zero-order valence-corrected chi connectivity index (χ0v) is 5.27. The van der Waals surface area contributed by atoms with E-state index in [-0.39, 0.29) is 11.8 Å². The number of hydrogen-bond donors (Lipinski definition) is 0. The molecular weight excluding hydrogens is 136 g/mol. The maximum absolute atomic E-state index is 10.0. The average molecular weight is 141 g/mol. The van der Waals surface area contributed by atoms with Crippen molar-refractivity contribution < 1.29 is 9.34 Å². The average Bonchev–Trinajstić information content (AvgIpc) is 2.34. The van der Waals surface area contributed by atoms with Gasteiger partial charge in [-0.3, -0.25) is 15.4 Å². The van der Waals surface area contributed by atoms with E-state index < -0.39 is 4.92 Å². The van der Waals surface area contributed by atoms with E-state index in [1.54, 1.807) is 0 Å². The first-order valence-corrected chi connectivity index (χ1v) is 2.58. The van der Waals surface area contributed by atoms with E-state index in [0.29, 0.717) is 0 Å². The molecule has 0 aliphatic rings. The van der Waals surface area contributed by atoms with E-state index in [1.807, 2.05) is 0 Å². The lowest BCUT2D eigenvalue weighted by molar-refractivity contribution is -0.401. The van der Waals surface area contributed by atoms with Crippen LogP contribution in [0.1, 0.15) is 0 Å². The molecular formula is C5H5N2O3. The van der Waals surface area contributed by atoms with Crippen LogP contribution in [0.25, 0.3) is 0 Å². The van der Waals surface area contributed by atoms with Gasteiger partial charge in [0.1, 0.15) is 4.92 Å². The molecule has 1 heterocycles. The molecule has 10 heavy (non-hydrogen) atoms. The zero-order chi connectivity index (χ0) is 7.56. The maximum atomic E-state index is 10.0. The third-order valence-corrected chi connectivity index (χ3v) is 0.978.